The average molecular weight is 456 g/mol. The van der Waals surface area contributed by atoms with Crippen molar-refractivity contribution >= 4 is 27.7 Å². The van der Waals surface area contributed by atoms with E-state index in [1.54, 1.807) is 12.1 Å². The summed E-state index contributed by atoms with van der Waals surface area (Å²) in [5.41, 5.74) is 2.56. The number of carbonyl (C=O) groups excluding carboxylic acids is 1. The van der Waals surface area contributed by atoms with E-state index in [-0.39, 0.29) is 23.1 Å². The highest BCUT2D eigenvalue weighted by atomic mass is 19.4. The van der Waals surface area contributed by atoms with Crippen molar-refractivity contribution in [3.8, 4) is 11.3 Å². The van der Waals surface area contributed by atoms with Gasteiger partial charge in [-0.25, -0.2) is 4.98 Å². The zero-order chi connectivity index (χ0) is 23.3. The molecule has 33 heavy (non-hydrogen) atoms. The van der Waals surface area contributed by atoms with Crippen molar-refractivity contribution in [1.29, 1.82) is 0 Å². The Labute approximate surface area is 187 Å². The molecule has 4 aromatic rings. The van der Waals surface area contributed by atoms with Crippen LogP contribution in [0.3, 0.4) is 0 Å². The number of pyridine rings is 1. The van der Waals surface area contributed by atoms with Gasteiger partial charge in [-0.2, -0.15) is 23.4 Å². The SMILES string of the molecule is CC(C)CNC(=O)c1n[nH]c2ccc3nc(-c4cn[nH]c4C(F)(F)F)c4c(c3c12)CCCC4. The van der Waals surface area contributed by atoms with E-state index < -0.39 is 11.9 Å². The molecule has 1 amide bonds. The Morgan fingerprint density at radius 1 is 1.12 bits per heavy atom. The smallest absolute Gasteiger partial charge is 0.350 e. The number of hydrogen-bond donors (Lipinski definition) is 3. The Morgan fingerprint density at radius 2 is 1.88 bits per heavy atom. The van der Waals surface area contributed by atoms with Crippen molar-refractivity contribution in [2.24, 2.45) is 5.92 Å². The van der Waals surface area contributed by atoms with E-state index in [4.69, 9.17) is 0 Å². The van der Waals surface area contributed by atoms with Gasteiger partial charge in [-0.05, 0) is 54.9 Å². The number of rotatable bonds is 4. The average Bonchev–Trinajstić information content (AvgIpc) is 3.44. The van der Waals surface area contributed by atoms with Crippen LogP contribution in [0.5, 0.6) is 0 Å². The summed E-state index contributed by atoms with van der Waals surface area (Å²) in [6.07, 6.45) is -0.313. The number of nitrogens with zero attached hydrogens (tertiary/aromatic N) is 3. The minimum absolute atomic E-state index is 0.0512. The van der Waals surface area contributed by atoms with E-state index in [1.165, 1.54) is 6.20 Å². The van der Waals surface area contributed by atoms with Crippen LogP contribution in [0, 0.1) is 5.92 Å². The summed E-state index contributed by atoms with van der Waals surface area (Å²) in [7, 11) is 0. The van der Waals surface area contributed by atoms with Crippen LogP contribution in [0.1, 0.15) is 54.0 Å². The fourth-order valence-corrected chi connectivity index (χ4v) is 4.58. The Morgan fingerprint density at radius 3 is 2.61 bits per heavy atom. The fraction of sp³-hybridized carbons (Fsp3) is 0.391. The Hall–Kier alpha value is -3.43. The van der Waals surface area contributed by atoms with Crippen molar-refractivity contribution in [3.63, 3.8) is 0 Å². The molecule has 1 aromatic carbocycles. The van der Waals surface area contributed by atoms with Gasteiger partial charge in [0.1, 0.15) is 5.69 Å². The van der Waals surface area contributed by atoms with Crippen molar-refractivity contribution in [3.05, 3.63) is 40.8 Å². The van der Waals surface area contributed by atoms with Gasteiger partial charge in [-0.3, -0.25) is 15.0 Å². The summed E-state index contributed by atoms with van der Waals surface area (Å²) < 4.78 is 40.8. The number of nitrogens with one attached hydrogen (secondary N) is 3. The number of alkyl halides is 3. The predicted molar refractivity (Wildman–Crippen MR) is 118 cm³/mol. The highest BCUT2D eigenvalue weighted by molar-refractivity contribution is 6.17. The molecule has 5 rings (SSSR count). The quantitative estimate of drug-likeness (QED) is 0.411. The van der Waals surface area contributed by atoms with E-state index in [9.17, 15) is 18.0 Å². The Bertz CT molecular complexity index is 1370. The Kier molecular flexibility index (Phi) is 5.10. The van der Waals surface area contributed by atoms with Crippen LogP contribution in [0.2, 0.25) is 0 Å². The van der Waals surface area contributed by atoms with Crippen LogP contribution in [0.4, 0.5) is 13.2 Å². The van der Waals surface area contributed by atoms with Gasteiger partial charge in [0.05, 0.1) is 28.5 Å². The number of fused-ring (bicyclic) bond motifs is 5. The highest BCUT2D eigenvalue weighted by Crippen LogP contribution is 2.42. The molecule has 0 bridgehead atoms. The van der Waals surface area contributed by atoms with Gasteiger partial charge in [0, 0.05) is 17.3 Å². The first-order valence-corrected chi connectivity index (χ1v) is 11.0. The number of aromatic amines is 2. The van der Waals surface area contributed by atoms with E-state index in [0.29, 0.717) is 41.5 Å². The van der Waals surface area contributed by atoms with E-state index in [0.717, 1.165) is 29.4 Å². The molecule has 0 fully saturated rings. The molecule has 0 saturated heterocycles. The second-order valence-electron chi connectivity index (χ2n) is 8.84. The number of aryl methyl sites for hydroxylation is 1. The number of amides is 1. The van der Waals surface area contributed by atoms with Crippen molar-refractivity contribution in [1.82, 2.24) is 30.7 Å². The third-order valence-electron chi connectivity index (χ3n) is 6.06. The summed E-state index contributed by atoms with van der Waals surface area (Å²) in [6, 6.07) is 3.52. The van der Waals surface area contributed by atoms with Crippen molar-refractivity contribution in [2.75, 3.05) is 6.54 Å². The second kappa shape index (κ2) is 7.86. The van der Waals surface area contributed by atoms with Gasteiger partial charge in [0.25, 0.3) is 5.91 Å². The molecule has 3 N–H and O–H groups in total. The van der Waals surface area contributed by atoms with Crippen LogP contribution in [0.15, 0.2) is 18.3 Å². The van der Waals surface area contributed by atoms with Gasteiger partial charge in [-0.1, -0.05) is 13.8 Å². The molecule has 1 aliphatic rings. The number of carbonyl (C=O) groups is 1. The van der Waals surface area contributed by atoms with Crippen molar-refractivity contribution in [2.45, 2.75) is 45.7 Å². The first kappa shape index (κ1) is 21.4. The van der Waals surface area contributed by atoms with Gasteiger partial charge in [0.2, 0.25) is 0 Å². The second-order valence-corrected chi connectivity index (χ2v) is 8.84. The Balaban J connectivity index is 1.77. The lowest BCUT2D eigenvalue weighted by atomic mass is 9.85. The third kappa shape index (κ3) is 3.63. The maximum absolute atomic E-state index is 13.6. The molecule has 0 unspecified atom stereocenters. The molecule has 7 nitrogen and oxygen atoms in total. The number of H-pyrrole nitrogens is 2. The maximum atomic E-state index is 13.6. The van der Waals surface area contributed by atoms with Crippen LogP contribution >= 0.6 is 0 Å². The minimum Gasteiger partial charge on any atom is -0.350 e. The first-order valence-electron chi connectivity index (χ1n) is 11.0. The molecule has 172 valence electrons. The lowest BCUT2D eigenvalue weighted by molar-refractivity contribution is -0.140. The zero-order valence-corrected chi connectivity index (χ0v) is 18.2. The zero-order valence-electron chi connectivity index (χ0n) is 18.2. The molecule has 0 aliphatic heterocycles. The molecule has 3 aromatic heterocycles. The molecule has 0 radical (unpaired) electrons. The molecule has 0 saturated carbocycles. The topological polar surface area (TPSA) is 99.3 Å². The molecule has 3 heterocycles. The molecular weight excluding hydrogens is 433 g/mol. The highest BCUT2D eigenvalue weighted by Gasteiger charge is 2.37. The van der Waals surface area contributed by atoms with Gasteiger partial charge in [0.15, 0.2) is 5.69 Å². The molecule has 0 atom stereocenters. The standard InChI is InChI=1S/C23H23F3N6O/c1-11(2)9-27-22(33)20-18-16(30-31-20)8-7-15-17(18)12-5-3-4-6-13(12)19(29-15)14-10-28-32-21(14)23(24,25)26/h7-8,10-11H,3-6,9H2,1-2H3,(H,27,33)(H,28,32)(H,30,31). The first-order chi connectivity index (χ1) is 15.8. The molecule has 1 aliphatic carbocycles. The summed E-state index contributed by atoms with van der Waals surface area (Å²) in [5.74, 6) is -0.00375. The summed E-state index contributed by atoms with van der Waals surface area (Å²) >= 11 is 0. The lowest BCUT2D eigenvalue weighted by Gasteiger charge is -2.22. The van der Waals surface area contributed by atoms with E-state index >= 15 is 0 Å². The summed E-state index contributed by atoms with van der Waals surface area (Å²) in [5, 5.41) is 17.3. The lowest BCUT2D eigenvalue weighted by Crippen LogP contribution is -2.27. The van der Waals surface area contributed by atoms with Crippen LogP contribution in [0.25, 0.3) is 33.1 Å². The van der Waals surface area contributed by atoms with Crippen molar-refractivity contribution < 1.29 is 18.0 Å². The largest absolute Gasteiger partial charge is 0.433 e. The van der Waals surface area contributed by atoms with Crippen LogP contribution < -0.4 is 5.32 Å². The summed E-state index contributed by atoms with van der Waals surface area (Å²) in [6.45, 7) is 4.52. The van der Waals surface area contributed by atoms with Gasteiger partial charge < -0.3 is 5.32 Å². The van der Waals surface area contributed by atoms with Crippen LogP contribution in [-0.2, 0) is 19.0 Å². The molecule has 0 spiro atoms. The van der Waals surface area contributed by atoms with E-state index in [2.05, 4.69) is 30.7 Å². The molecule has 10 heteroatoms. The fourth-order valence-electron chi connectivity index (χ4n) is 4.58. The number of hydrogen-bond acceptors (Lipinski definition) is 4. The maximum Gasteiger partial charge on any atom is 0.433 e. The van der Waals surface area contributed by atoms with Gasteiger partial charge >= 0.3 is 6.18 Å². The van der Waals surface area contributed by atoms with Crippen LogP contribution in [-0.4, -0.2) is 37.8 Å². The van der Waals surface area contributed by atoms with E-state index in [1.807, 2.05) is 13.8 Å². The molecular formula is C23H23F3N6O. The number of benzene rings is 1. The third-order valence-corrected chi connectivity index (χ3v) is 6.06. The monoisotopic (exact) mass is 456 g/mol. The van der Waals surface area contributed by atoms with Gasteiger partial charge in [-0.15, -0.1) is 0 Å². The summed E-state index contributed by atoms with van der Waals surface area (Å²) in [4.78, 5) is 17.6. The minimum atomic E-state index is -4.57. The number of halogens is 3. The predicted octanol–water partition coefficient (Wildman–Crippen LogP) is 4.78. The number of aromatic nitrogens is 5. The normalized spacial score (nSPS) is 14.2.